The van der Waals surface area contributed by atoms with Crippen molar-refractivity contribution in [2.45, 2.75) is 6.42 Å². The maximum absolute atomic E-state index is 11.7. The summed E-state index contributed by atoms with van der Waals surface area (Å²) in [5.41, 5.74) is 1.44. The summed E-state index contributed by atoms with van der Waals surface area (Å²) in [6.45, 7) is 0.544. The molecule has 6 heteroatoms. The Morgan fingerprint density at radius 3 is 3.00 bits per heavy atom. The third kappa shape index (κ3) is 3.54. The number of nitrogens with one attached hydrogen (secondary N) is 1. The van der Waals surface area contributed by atoms with Gasteiger partial charge < -0.3 is 10.1 Å². The van der Waals surface area contributed by atoms with E-state index in [1.807, 2.05) is 24.3 Å². The molecule has 1 amide bonds. The number of carbonyl (C=O) groups excluding carboxylic acids is 1. The first kappa shape index (κ1) is 13.1. The Kier molecular flexibility index (Phi) is 4.12. The monoisotopic (exact) mass is 260 g/mol. The van der Waals surface area contributed by atoms with E-state index in [1.54, 1.807) is 20.4 Å². The van der Waals surface area contributed by atoms with Crippen LogP contribution in [0.5, 0.6) is 5.75 Å². The summed E-state index contributed by atoms with van der Waals surface area (Å²) in [6, 6.07) is 7.77. The largest absolute Gasteiger partial charge is 0.497 e. The maximum Gasteiger partial charge on any atom is 0.273 e. The van der Waals surface area contributed by atoms with Crippen LogP contribution in [0.15, 0.2) is 30.5 Å². The molecule has 0 atom stereocenters. The van der Waals surface area contributed by atoms with Crippen LogP contribution in [-0.4, -0.2) is 34.6 Å². The normalized spacial score (nSPS) is 10.2. The Morgan fingerprint density at radius 1 is 1.47 bits per heavy atom. The van der Waals surface area contributed by atoms with E-state index >= 15 is 0 Å². The summed E-state index contributed by atoms with van der Waals surface area (Å²) in [4.78, 5) is 11.7. The van der Waals surface area contributed by atoms with Gasteiger partial charge in [0.15, 0.2) is 5.69 Å². The van der Waals surface area contributed by atoms with Crippen LogP contribution in [0.25, 0.3) is 0 Å². The highest BCUT2D eigenvalue weighted by atomic mass is 16.5. The molecule has 1 heterocycles. The molecule has 1 aromatic heterocycles. The zero-order valence-corrected chi connectivity index (χ0v) is 11.0. The van der Waals surface area contributed by atoms with E-state index in [1.165, 1.54) is 4.68 Å². The van der Waals surface area contributed by atoms with E-state index in [4.69, 9.17) is 4.74 Å². The van der Waals surface area contributed by atoms with E-state index in [2.05, 4.69) is 15.6 Å². The Bertz CT molecular complexity index is 565. The number of aromatic nitrogens is 3. The Hall–Kier alpha value is -2.37. The zero-order chi connectivity index (χ0) is 13.7. The van der Waals surface area contributed by atoms with Crippen LogP contribution in [0.1, 0.15) is 16.1 Å². The number of benzene rings is 1. The topological polar surface area (TPSA) is 69.0 Å². The Labute approximate surface area is 111 Å². The zero-order valence-electron chi connectivity index (χ0n) is 11.0. The number of hydrogen-bond donors (Lipinski definition) is 1. The van der Waals surface area contributed by atoms with Crippen LogP contribution < -0.4 is 10.1 Å². The molecule has 2 aromatic rings. The summed E-state index contributed by atoms with van der Waals surface area (Å²) in [5.74, 6) is 0.605. The van der Waals surface area contributed by atoms with Gasteiger partial charge in [-0.2, -0.15) is 0 Å². The fraction of sp³-hybridized carbons (Fsp3) is 0.308. The molecule has 1 N–H and O–H groups in total. The van der Waals surface area contributed by atoms with Crippen LogP contribution in [-0.2, 0) is 13.5 Å². The van der Waals surface area contributed by atoms with Gasteiger partial charge in [-0.15, -0.1) is 5.10 Å². The van der Waals surface area contributed by atoms with Crippen LogP contribution in [0.2, 0.25) is 0 Å². The number of hydrogen-bond acceptors (Lipinski definition) is 4. The van der Waals surface area contributed by atoms with Gasteiger partial charge in [0, 0.05) is 13.6 Å². The molecule has 2 rings (SSSR count). The fourth-order valence-corrected chi connectivity index (χ4v) is 1.69. The number of nitrogens with zero attached hydrogens (tertiary/aromatic N) is 3. The van der Waals surface area contributed by atoms with Gasteiger partial charge in [0.2, 0.25) is 0 Å². The maximum atomic E-state index is 11.7. The summed E-state index contributed by atoms with van der Waals surface area (Å²) in [6.07, 6.45) is 2.32. The van der Waals surface area contributed by atoms with Crippen LogP contribution in [0.4, 0.5) is 0 Å². The van der Waals surface area contributed by atoms with Gasteiger partial charge in [-0.1, -0.05) is 17.3 Å². The van der Waals surface area contributed by atoms with Crippen molar-refractivity contribution in [1.82, 2.24) is 20.3 Å². The molecule has 0 unspecified atom stereocenters. The Balaban J connectivity index is 1.84. The van der Waals surface area contributed by atoms with Crippen molar-refractivity contribution < 1.29 is 9.53 Å². The van der Waals surface area contributed by atoms with Crippen molar-refractivity contribution in [3.63, 3.8) is 0 Å². The van der Waals surface area contributed by atoms with Crippen molar-refractivity contribution in [2.75, 3.05) is 13.7 Å². The van der Waals surface area contributed by atoms with Gasteiger partial charge in [0.05, 0.1) is 13.3 Å². The van der Waals surface area contributed by atoms with Gasteiger partial charge in [-0.3, -0.25) is 9.48 Å². The molecule has 0 aliphatic carbocycles. The molecule has 100 valence electrons. The summed E-state index contributed by atoms with van der Waals surface area (Å²) >= 11 is 0. The first-order valence-electron chi connectivity index (χ1n) is 5.96. The number of methoxy groups -OCH3 is 1. The van der Waals surface area contributed by atoms with Crippen molar-refractivity contribution in [2.24, 2.45) is 7.05 Å². The number of carbonyl (C=O) groups is 1. The molecule has 0 spiro atoms. The van der Waals surface area contributed by atoms with Crippen molar-refractivity contribution >= 4 is 5.91 Å². The lowest BCUT2D eigenvalue weighted by Gasteiger charge is -2.05. The van der Waals surface area contributed by atoms with Crippen molar-refractivity contribution in [1.29, 1.82) is 0 Å². The smallest absolute Gasteiger partial charge is 0.273 e. The average Bonchev–Trinajstić information content (AvgIpc) is 2.86. The molecule has 0 aliphatic heterocycles. The van der Waals surface area contributed by atoms with E-state index in [0.29, 0.717) is 12.2 Å². The SMILES string of the molecule is COc1cccc(CCNC(=O)c2cn(C)nn2)c1. The van der Waals surface area contributed by atoms with Gasteiger partial charge >= 0.3 is 0 Å². The minimum atomic E-state index is -0.212. The molecule has 0 saturated carbocycles. The summed E-state index contributed by atoms with van der Waals surface area (Å²) < 4.78 is 6.64. The third-order valence-electron chi connectivity index (χ3n) is 2.67. The fourth-order valence-electron chi connectivity index (χ4n) is 1.69. The molecule has 6 nitrogen and oxygen atoms in total. The molecular formula is C13H16N4O2. The number of amides is 1. The van der Waals surface area contributed by atoms with Crippen molar-refractivity contribution in [3.8, 4) is 5.75 Å². The molecular weight excluding hydrogens is 244 g/mol. The first-order chi connectivity index (χ1) is 9.19. The second kappa shape index (κ2) is 5.99. The van der Waals surface area contributed by atoms with E-state index < -0.39 is 0 Å². The van der Waals surface area contributed by atoms with Gasteiger partial charge in [0.1, 0.15) is 5.75 Å². The lowest BCUT2D eigenvalue weighted by molar-refractivity contribution is 0.0949. The lowest BCUT2D eigenvalue weighted by atomic mass is 10.1. The molecule has 1 aromatic carbocycles. The highest BCUT2D eigenvalue weighted by molar-refractivity contribution is 5.91. The molecule has 0 aliphatic rings. The molecule has 0 saturated heterocycles. The van der Waals surface area contributed by atoms with Gasteiger partial charge in [0.25, 0.3) is 5.91 Å². The molecule has 0 fully saturated rings. The number of rotatable bonds is 5. The number of aryl methyl sites for hydroxylation is 1. The molecule has 19 heavy (non-hydrogen) atoms. The third-order valence-corrected chi connectivity index (χ3v) is 2.67. The van der Waals surface area contributed by atoms with E-state index in [0.717, 1.165) is 17.7 Å². The lowest BCUT2D eigenvalue weighted by Crippen LogP contribution is -2.26. The number of ether oxygens (including phenoxy) is 1. The highest BCUT2D eigenvalue weighted by Gasteiger charge is 2.08. The van der Waals surface area contributed by atoms with Crippen LogP contribution in [0, 0.1) is 0 Å². The molecule has 0 bridgehead atoms. The molecule has 0 radical (unpaired) electrons. The summed E-state index contributed by atoms with van der Waals surface area (Å²) in [5, 5.41) is 10.3. The van der Waals surface area contributed by atoms with Crippen molar-refractivity contribution in [3.05, 3.63) is 41.7 Å². The van der Waals surface area contributed by atoms with E-state index in [9.17, 15) is 4.79 Å². The quantitative estimate of drug-likeness (QED) is 0.863. The second-order valence-electron chi connectivity index (χ2n) is 4.13. The van der Waals surface area contributed by atoms with Crippen LogP contribution in [0.3, 0.4) is 0 Å². The van der Waals surface area contributed by atoms with Crippen LogP contribution >= 0.6 is 0 Å². The predicted molar refractivity (Wildman–Crippen MR) is 70.0 cm³/mol. The van der Waals surface area contributed by atoms with Gasteiger partial charge in [-0.05, 0) is 24.1 Å². The minimum absolute atomic E-state index is 0.212. The predicted octanol–water partition coefficient (Wildman–Crippen LogP) is 0.796. The Morgan fingerprint density at radius 2 is 2.32 bits per heavy atom. The average molecular weight is 260 g/mol. The first-order valence-corrected chi connectivity index (χ1v) is 5.96. The van der Waals surface area contributed by atoms with E-state index in [-0.39, 0.29) is 5.91 Å². The van der Waals surface area contributed by atoms with Gasteiger partial charge in [-0.25, -0.2) is 0 Å². The standard InChI is InChI=1S/C13H16N4O2/c1-17-9-12(15-16-17)13(18)14-7-6-10-4-3-5-11(8-10)19-2/h3-5,8-9H,6-7H2,1-2H3,(H,14,18). The second-order valence-corrected chi connectivity index (χ2v) is 4.13. The minimum Gasteiger partial charge on any atom is -0.497 e. The summed E-state index contributed by atoms with van der Waals surface area (Å²) in [7, 11) is 3.36. The highest BCUT2D eigenvalue weighted by Crippen LogP contribution is 2.12.